The predicted molar refractivity (Wildman–Crippen MR) is 83.7 cm³/mol. The zero-order valence-electron chi connectivity index (χ0n) is 12.2. The number of nitrogens with zero attached hydrogens (tertiary/aromatic N) is 1. The fourth-order valence-electron chi connectivity index (χ4n) is 1.73. The minimum absolute atomic E-state index is 0.134. The maximum atomic E-state index is 12.5. The van der Waals surface area contributed by atoms with Gasteiger partial charge in [-0.3, -0.25) is 9.59 Å². The summed E-state index contributed by atoms with van der Waals surface area (Å²) in [5.41, 5.74) is 6.20. The molecule has 0 aliphatic rings. The normalized spacial score (nSPS) is 10.6. The molecule has 0 unspecified atom stereocenters. The number of nitrogen functional groups attached to an aromatic ring is 1. The largest absolute Gasteiger partial charge is 0.465 e. The molecular weight excluding hydrogens is 315 g/mol. The van der Waals surface area contributed by atoms with E-state index in [2.05, 4.69) is 0 Å². The van der Waals surface area contributed by atoms with Crippen LogP contribution in [0.2, 0.25) is 10.0 Å². The molecule has 1 amide bonds. The second-order valence-electron chi connectivity index (χ2n) is 4.69. The topological polar surface area (TPSA) is 72.6 Å². The van der Waals surface area contributed by atoms with Crippen molar-refractivity contribution >= 4 is 40.8 Å². The Labute approximate surface area is 133 Å². The molecule has 0 radical (unpaired) electrons. The highest BCUT2D eigenvalue weighted by atomic mass is 35.5. The molecule has 0 fully saturated rings. The number of ether oxygens (including phenoxy) is 1. The average Bonchev–Trinajstić information content (AvgIpc) is 2.40. The van der Waals surface area contributed by atoms with Crippen LogP contribution in [0.3, 0.4) is 0 Å². The number of carbonyl (C=O) groups is 2. The van der Waals surface area contributed by atoms with Crippen LogP contribution in [0, 0.1) is 0 Å². The van der Waals surface area contributed by atoms with Crippen molar-refractivity contribution in [2.24, 2.45) is 0 Å². The Hall–Kier alpha value is -1.46. The molecule has 0 aliphatic carbocycles. The molecule has 0 heterocycles. The second-order valence-corrected chi connectivity index (χ2v) is 5.48. The number of benzene rings is 1. The van der Waals surface area contributed by atoms with E-state index >= 15 is 0 Å². The fourth-order valence-corrected chi connectivity index (χ4v) is 2.07. The molecule has 0 saturated carbocycles. The number of esters is 1. The molecule has 116 valence electrons. The number of halogens is 2. The van der Waals surface area contributed by atoms with Crippen molar-refractivity contribution in [3.63, 3.8) is 0 Å². The summed E-state index contributed by atoms with van der Waals surface area (Å²) in [6, 6.07) is 2.69. The van der Waals surface area contributed by atoms with Crippen LogP contribution in [-0.2, 0) is 9.53 Å². The Morgan fingerprint density at radius 3 is 2.43 bits per heavy atom. The molecular formula is C14H18Cl2N2O3. The Bertz CT molecular complexity index is 524. The summed E-state index contributed by atoms with van der Waals surface area (Å²) in [5, 5.41) is 0.398. The first-order chi connectivity index (χ1) is 9.77. The molecule has 0 atom stereocenters. The SMILES string of the molecule is CCOC(=O)CN(C(=O)c1cc(N)c(Cl)c(Cl)c1)C(C)C. The van der Waals surface area contributed by atoms with Crippen LogP contribution in [0.5, 0.6) is 0 Å². The van der Waals surface area contributed by atoms with E-state index in [-0.39, 0.29) is 46.4 Å². The first kappa shape index (κ1) is 17.6. The first-order valence-electron chi connectivity index (χ1n) is 6.49. The highest BCUT2D eigenvalue weighted by molar-refractivity contribution is 6.43. The van der Waals surface area contributed by atoms with Crippen molar-refractivity contribution in [1.29, 1.82) is 0 Å². The van der Waals surface area contributed by atoms with Gasteiger partial charge in [-0.05, 0) is 32.9 Å². The molecule has 1 aromatic carbocycles. The van der Waals surface area contributed by atoms with E-state index in [9.17, 15) is 9.59 Å². The Morgan fingerprint density at radius 2 is 1.95 bits per heavy atom. The van der Waals surface area contributed by atoms with Gasteiger partial charge in [0.05, 0.1) is 22.3 Å². The van der Waals surface area contributed by atoms with E-state index in [0.29, 0.717) is 0 Å². The van der Waals surface area contributed by atoms with Gasteiger partial charge in [0.2, 0.25) is 0 Å². The maximum absolute atomic E-state index is 12.5. The summed E-state index contributed by atoms with van der Waals surface area (Å²) in [6.45, 7) is 5.44. The molecule has 0 aliphatic heterocycles. The summed E-state index contributed by atoms with van der Waals surface area (Å²) in [7, 11) is 0. The summed E-state index contributed by atoms with van der Waals surface area (Å²) < 4.78 is 4.87. The number of hydrogen-bond acceptors (Lipinski definition) is 4. The van der Waals surface area contributed by atoms with Gasteiger partial charge in [0.1, 0.15) is 6.54 Å². The smallest absolute Gasteiger partial charge is 0.325 e. The quantitative estimate of drug-likeness (QED) is 0.664. The number of nitrogens with two attached hydrogens (primary N) is 1. The van der Waals surface area contributed by atoms with Gasteiger partial charge >= 0.3 is 5.97 Å². The van der Waals surface area contributed by atoms with Gasteiger partial charge in [0.15, 0.2) is 0 Å². The van der Waals surface area contributed by atoms with Gasteiger partial charge in [-0.1, -0.05) is 23.2 Å². The van der Waals surface area contributed by atoms with E-state index in [0.717, 1.165) is 0 Å². The molecule has 0 bridgehead atoms. The van der Waals surface area contributed by atoms with E-state index in [4.69, 9.17) is 33.7 Å². The van der Waals surface area contributed by atoms with Crippen LogP contribution in [0.15, 0.2) is 12.1 Å². The zero-order valence-corrected chi connectivity index (χ0v) is 13.7. The minimum Gasteiger partial charge on any atom is -0.465 e. The number of hydrogen-bond donors (Lipinski definition) is 1. The molecule has 7 heteroatoms. The third-order valence-electron chi connectivity index (χ3n) is 2.79. The van der Waals surface area contributed by atoms with Gasteiger partial charge in [-0.2, -0.15) is 0 Å². The third kappa shape index (κ3) is 4.51. The molecule has 0 saturated heterocycles. The van der Waals surface area contributed by atoms with E-state index in [1.807, 2.05) is 0 Å². The van der Waals surface area contributed by atoms with E-state index in [1.54, 1.807) is 20.8 Å². The predicted octanol–water partition coefficient (Wildman–Crippen LogP) is 2.99. The van der Waals surface area contributed by atoms with Crippen molar-refractivity contribution in [1.82, 2.24) is 4.90 Å². The summed E-state index contributed by atoms with van der Waals surface area (Å²) in [5.74, 6) is -0.823. The molecule has 0 aromatic heterocycles. The van der Waals surface area contributed by atoms with Gasteiger partial charge in [0.25, 0.3) is 5.91 Å². The Kier molecular flexibility index (Phi) is 6.30. The highest BCUT2D eigenvalue weighted by Crippen LogP contribution is 2.30. The van der Waals surface area contributed by atoms with Crippen molar-refractivity contribution in [2.75, 3.05) is 18.9 Å². The lowest BCUT2D eigenvalue weighted by Crippen LogP contribution is -2.41. The van der Waals surface area contributed by atoms with Gasteiger partial charge in [-0.25, -0.2) is 0 Å². The lowest BCUT2D eigenvalue weighted by atomic mass is 10.1. The zero-order chi connectivity index (χ0) is 16.2. The monoisotopic (exact) mass is 332 g/mol. The summed E-state index contributed by atoms with van der Waals surface area (Å²) in [4.78, 5) is 25.5. The van der Waals surface area contributed by atoms with E-state index < -0.39 is 5.97 Å². The van der Waals surface area contributed by atoms with Crippen LogP contribution in [0.4, 0.5) is 5.69 Å². The Balaban J connectivity index is 3.04. The first-order valence-corrected chi connectivity index (χ1v) is 7.24. The highest BCUT2D eigenvalue weighted by Gasteiger charge is 2.23. The molecule has 21 heavy (non-hydrogen) atoms. The molecule has 1 aromatic rings. The lowest BCUT2D eigenvalue weighted by Gasteiger charge is -2.26. The maximum Gasteiger partial charge on any atom is 0.325 e. The molecule has 5 nitrogen and oxygen atoms in total. The summed E-state index contributed by atoms with van der Waals surface area (Å²) >= 11 is 11.8. The molecule has 2 N–H and O–H groups in total. The number of amides is 1. The third-order valence-corrected chi connectivity index (χ3v) is 3.61. The van der Waals surface area contributed by atoms with Crippen LogP contribution < -0.4 is 5.73 Å². The number of rotatable bonds is 5. The molecule has 1 rings (SSSR count). The van der Waals surface area contributed by atoms with E-state index in [1.165, 1.54) is 17.0 Å². The van der Waals surface area contributed by atoms with Crippen LogP contribution >= 0.6 is 23.2 Å². The van der Waals surface area contributed by atoms with Gasteiger partial charge in [0, 0.05) is 11.6 Å². The summed E-state index contributed by atoms with van der Waals surface area (Å²) in [6.07, 6.45) is 0. The van der Waals surface area contributed by atoms with Crippen molar-refractivity contribution in [3.05, 3.63) is 27.7 Å². The number of anilines is 1. The fraction of sp³-hybridized carbons (Fsp3) is 0.429. The van der Waals surface area contributed by atoms with Gasteiger partial charge < -0.3 is 15.4 Å². The van der Waals surface area contributed by atoms with Crippen molar-refractivity contribution in [3.8, 4) is 0 Å². The average molecular weight is 333 g/mol. The standard InChI is InChI=1S/C14H18Cl2N2O3/c1-4-21-12(19)7-18(8(2)3)14(20)9-5-10(15)13(16)11(17)6-9/h5-6,8H,4,7,17H2,1-3H3. The van der Waals surface area contributed by atoms with Crippen molar-refractivity contribution < 1.29 is 14.3 Å². The Morgan fingerprint density at radius 1 is 1.33 bits per heavy atom. The van der Waals surface area contributed by atoms with Crippen LogP contribution in [0.25, 0.3) is 0 Å². The van der Waals surface area contributed by atoms with Gasteiger partial charge in [-0.15, -0.1) is 0 Å². The van der Waals surface area contributed by atoms with Crippen LogP contribution in [0.1, 0.15) is 31.1 Å². The van der Waals surface area contributed by atoms with Crippen molar-refractivity contribution in [2.45, 2.75) is 26.8 Å². The molecule has 0 spiro atoms. The lowest BCUT2D eigenvalue weighted by molar-refractivity contribution is -0.144. The second kappa shape index (κ2) is 7.52. The van der Waals surface area contributed by atoms with Crippen LogP contribution in [-0.4, -0.2) is 36.0 Å². The minimum atomic E-state index is -0.465. The number of carbonyl (C=O) groups excluding carboxylic acids is 2.